The standard InChI is InChI=1S/C29H35FN2O2/c1-22(2)23-7-13-27(14-8-23)34-29(24-5-4-6-28(21-24)33-3)15-16-31-17-19-32(20-18-31)26-11-9-25(30)10-12-26/h4-14,21-22,29H,15-20H2,1-3H3/t29-/m0/s1. The molecule has 3 aromatic carbocycles. The third kappa shape index (κ3) is 6.29. The van der Waals surface area contributed by atoms with E-state index < -0.39 is 0 Å². The second-order valence-electron chi connectivity index (χ2n) is 9.20. The Morgan fingerprint density at radius 1 is 0.824 bits per heavy atom. The van der Waals surface area contributed by atoms with Crippen LogP contribution in [-0.4, -0.2) is 44.7 Å². The van der Waals surface area contributed by atoms with Crippen molar-refractivity contribution in [2.45, 2.75) is 32.3 Å². The number of benzene rings is 3. The van der Waals surface area contributed by atoms with E-state index in [1.807, 2.05) is 24.3 Å². The van der Waals surface area contributed by atoms with Gasteiger partial charge < -0.3 is 14.4 Å². The van der Waals surface area contributed by atoms with E-state index in [4.69, 9.17) is 9.47 Å². The highest BCUT2D eigenvalue weighted by atomic mass is 19.1. The first-order valence-electron chi connectivity index (χ1n) is 12.2. The molecule has 0 saturated carbocycles. The van der Waals surface area contributed by atoms with Gasteiger partial charge in [0.2, 0.25) is 0 Å². The van der Waals surface area contributed by atoms with E-state index >= 15 is 0 Å². The Morgan fingerprint density at radius 3 is 2.18 bits per heavy atom. The first-order valence-corrected chi connectivity index (χ1v) is 12.2. The van der Waals surface area contributed by atoms with Crippen molar-refractivity contribution in [2.24, 2.45) is 0 Å². The molecule has 1 saturated heterocycles. The van der Waals surface area contributed by atoms with Gasteiger partial charge in [-0.3, -0.25) is 4.90 Å². The van der Waals surface area contributed by atoms with Gasteiger partial charge in [-0.05, 0) is 65.6 Å². The van der Waals surface area contributed by atoms with Crippen LogP contribution in [0.15, 0.2) is 72.8 Å². The summed E-state index contributed by atoms with van der Waals surface area (Å²) in [6, 6.07) is 23.4. The maximum atomic E-state index is 13.2. The van der Waals surface area contributed by atoms with Crippen LogP contribution in [0.4, 0.5) is 10.1 Å². The zero-order valence-electron chi connectivity index (χ0n) is 20.4. The smallest absolute Gasteiger partial charge is 0.125 e. The Labute approximate surface area is 202 Å². The number of nitrogens with zero attached hydrogens (tertiary/aromatic N) is 2. The normalized spacial score (nSPS) is 15.4. The minimum atomic E-state index is -0.190. The predicted molar refractivity (Wildman–Crippen MR) is 137 cm³/mol. The summed E-state index contributed by atoms with van der Waals surface area (Å²) < 4.78 is 25.2. The number of hydrogen-bond donors (Lipinski definition) is 0. The van der Waals surface area contributed by atoms with Crippen molar-refractivity contribution in [3.63, 3.8) is 0 Å². The van der Waals surface area contributed by atoms with Gasteiger partial charge in [0, 0.05) is 44.8 Å². The van der Waals surface area contributed by atoms with Crippen LogP contribution in [0.1, 0.15) is 43.4 Å². The van der Waals surface area contributed by atoms with Crippen molar-refractivity contribution in [1.29, 1.82) is 0 Å². The van der Waals surface area contributed by atoms with Crippen molar-refractivity contribution in [3.05, 3.63) is 89.7 Å². The van der Waals surface area contributed by atoms with E-state index in [0.29, 0.717) is 5.92 Å². The molecule has 0 bridgehead atoms. The van der Waals surface area contributed by atoms with Crippen LogP contribution in [-0.2, 0) is 0 Å². The molecule has 4 rings (SSSR count). The van der Waals surface area contributed by atoms with Crippen molar-refractivity contribution in [1.82, 2.24) is 4.90 Å². The topological polar surface area (TPSA) is 24.9 Å². The Kier molecular flexibility index (Phi) is 8.07. The summed E-state index contributed by atoms with van der Waals surface area (Å²) >= 11 is 0. The summed E-state index contributed by atoms with van der Waals surface area (Å²) in [5.41, 5.74) is 3.52. The van der Waals surface area contributed by atoms with Gasteiger partial charge in [-0.15, -0.1) is 0 Å². The lowest BCUT2D eigenvalue weighted by Crippen LogP contribution is -2.46. The maximum absolute atomic E-state index is 13.2. The highest BCUT2D eigenvalue weighted by molar-refractivity contribution is 5.46. The molecular formula is C29H35FN2O2. The van der Waals surface area contributed by atoms with Gasteiger partial charge in [-0.25, -0.2) is 4.39 Å². The molecule has 1 aliphatic heterocycles. The summed E-state index contributed by atoms with van der Waals surface area (Å²) in [5.74, 6) is 2.04. The summed E-state index contributed by atoms with van der Waals surface area (Å²) in [5, 5.41) is 0. The molecule has 5 heteroatoms. The van der Waals surface area contributed by atoms with Gasteiger partial charge >= 0.3 is 0 Å². The van der Waals surface area contributed by atoms with Crippen LogP contribution in [0.3, 0.4) is 0 Å². The average Bonchev–Trinajstić information content (AvgIpc) is 2.87. The molecule has 0 spiro atoms. The second-order valence-corrected chi connectivity index (χ2v) is 9.20. The van der Waals surface area contributed by atoms with Crippen LogP contribution < -0.4 is 14.4 Å². The third-order valence-corrected chi connectivity index (χ3v) is 6.56. The quantitative estimate of drug-likeness (QED) is 0.373. The molecule has 1 heterocycles. The van der Waals surface area contributed by atoms with Gasteiger partial charge in [0.15, 0.2) is 0 Å². The molecule has 0 aliphatic carbocycles. The Morgan fingerprint density at radius 2 is 1.53 bits per heavy atom. The summed E-state index contributed by atoms with van der Waals surface area (Å²) in [6.45, 7) is 9.18. The van der Waals surface area contributed by atoms with Gasteiger partial charge in [0.05, 0.1) is 7.11 Å². The van der Waals surface area contributed by atoms with E-state index in [-0.39, 0.29) is 11.9 Å². The number of anilines is 1. The third-order valence-electron chi connectivity index (χ3n) is 6.56. The van der Waals surface area contributed by atoms with Crippen molar-refractivity contribution in [3.8, 4) is 11.5 Å². The SMILES string of the molecule is COc1cccc([C@H](CCN2CCN(c3ccc(F)cc3)CC2)Oc2ccc(C(C)C)cc2)c1. The number of hydrogen-bond acceptors (Lipinski definition) is 4. The molecule has 180 valence electrons. The number of halogens is 1. The molecule has 0 N–H and O–H groups in total. The summed E-state index contributed by atoms with van der Waals surface area (Å²) in [7, 11) is 1.69. The van der Waals surface area contributed by atoms with E-state index in [1.54, 1.807) is 7.11 Å². The molecule has 1 aliphatic rings. The molecule has 34 heavy (non-hydrogen) atoms. The fourth-order valence-electron chi connectivity index (χ4n) is 4.41. The Balaban J connectivity index is 1.39. The monoisotopic (exact) mass is 462 g/mol. The van der Waals surface area contributed by atoms with Crippen molar-refractivity contribution < 1.29 is 13.9 Å². The number of rotatable bonds is 9. The molecule has 4 nitrogen and oxygen atoms in total. The predicted octanol–water partition coefficient (Wildman–Crippen LogP) is 6.29. The van der Waals surface area contributed by atoms with Crippen LogP contribution >= 0.6 is 0 Å². The summed E-state index contributed by atoms with van der Waals surface area (Å²) in [6.07, 6.45) is 0.825. The van der Waals surface area contributed by atoms with Crippen LogP contribution in [0, 0.1) is 5.82 Å². The molecule has 0 amide bonds. The molecular weight excluding hydrogens is 427 g/mol. The summed E-state index contributed by atoms with van der Waals surface area (Å²) in [4.78, 5) is 4.81. The maximum Gasteiger partial charge on any atom is 0.125 e. The minimum Gasteiger partial charge on any atom is -0.497 e. The number of methoxy groups -OCH3 is 1. The average molecular weight is 463 g/mol. The van der Waals surface area contributed by atoms with Crippen LogP contribution in [0.5, 0.6) is 11.5 Å². The van der Waals surface area contributed by atoms with E-state index in [0.717, 1.165) is 61.9 Å². The second kappa shape index (κ2) is 11.4. The molecule has 0 radical (unpaired) electrons. The molecule has 3 aromatic rings. The lowest BCUT2D eigenvalue weighted by molar-refractivity contribution is 0.160. The zero-order chi connectivity index (χ0) is 23.9. The van der Waals surface area contributed by atoms with Gasteiger partial charge in [0.25, 0.3) is 0 Å². The van der Waals surface area contributed by atoms with Crippen molar-refractivity contribution in [2.75, 3.05) is 44.7 Å². The van der Waals surface area contributed by atoms with Gasteiger partial charge in [-0.1, -0.05) is 38.1 Å². The first kappa shape index (κ1) is 24.1. The lowest BCUT2D eigenvalue weighted by Gasteiger charge is -2.36. The fourth-order valence-corrected chi connectivity index (χ4v) is 4.41. The van der Waals surface area contributed by atoms with Crippen LogP contribution in [0.2, 0.25) is 0 Å². The lowest BCUT2D eigenvalue weighted by atomic mass is 10.0. The van der Waals surface area contributed by atoms with Gasteiger partial charge in [-0.2, -0.15) is 0 Å². The van der Waals surface area contributed by atoms with Crippen molar-refractivity contribution >= 4 is 5.69 Å². The molecule has 0 unspecified atom stereocenters. The zero-order valence-corrected chi connectivity index (χ0v) is 20.4. The Bertz CT molecular complexity index is 1030. The Hall–Kier alpha value is -3.05. The highest BCUT2D eigenvalue weighted by Gasteiger charge is 2.21. The number of piperazine rings is 1. The minimum absolute atomic E-state index is 0.0601. The molecule has 0 aromatic heterocycles. The van der Waals surface area contributed by atoms with E-state index in [1.165, 1.54) is 17.7 Å². The largest absolute Gasteiger partial charge is 0.497 e. The van der Waals surface area contributed by atoms with Gasteiger partial charge in [0.1, 0.15) is 23.4 Å². The van der Waals surface area contributed by atoms with E-state index in [2.05, 4.69) is 60.0 Å². The van der Waals surface area contributed by atoms with Crippen LogP contribution in [0.25, 0.3) is 0 Å². The highest BCUT2D eigenvalue weighted by Crippen LogP contribution is 2.29. The molecule has 1 fully saturated rings. The first-order chi connectivity index (χ1) is 16.5. The number of ether oxygens (including phenoxy) is 2. The van der Waals surface area contributed by atoms with E-state index in [9.17, 15) is 4.39 Å². The fraction of sp³-hybridized carbons (Fsp3) is 0.379. The molecule has 1 atom stereocenters.